The first-order valence-corrected chi connectivity index (χ1v) is 3.88. The van der Waals surface area contributed by atoms with Crippen molar-refractivity contribution in [2.45, 2.75) is 6.04 Å². The Kier molecular flexibility index (Phi) is 1.97. The number of carbonyl (C=O) groups is 1. The van der Waals surface area contributed by atoms with Gasteiger partial charge in [0.15, 0.2) is 0 Å². The maximum absolute atomic E-state index is 10.4. The Labute approximate surface area is 58.0 Å². The zero-order valence-corrected chi connectivity index (χ0v) is 6.02. The summed E-state index contributed by atoms with van der Waals surface area (Å²) in [5, 5.41) is 8.53. The summed E-state index contributed by atoms with van der Waals surface area (Å²) < 4.78 is 0. The minimum Gasteiger partial charge on any atom is -0.480 e. The van der Waals surface area contributed by atoms with Crippen LogP contribution in [0.2, 0.25) is 0 Å². The molecule has 0 amide bonds. The lowest BCUT2D eigenvalue weighted by Gasteiger charge is -2.11. The predicted octanol–water partition coefficient (Wildman–Crippen LogP) is 0.0757. The van der Waals surface area contributed by atoms with Gasteiger partial charge in [-0.3, -0.25) is 9.69 Å². The second-order valence-electron chi connectivity index (χ2n) is 2.11. The number of hydrogen-bond acceptors (Lipinski definition) is 3. The van der Waals surface area contributed by atoms with Crippen LogP contribution >= 0.6 is 11.8 Å². The van der Waals surface area contributed by atoms with Crippen molar-refractivity contribution in [2.75, 3.05) is 18.7 Å². The van der Waals surface area contributed by atoms with Crippen molar-refractivity contribution in [1.29, 1.82) is 0 Å². The minimum absolute atomic E-state index is 0.255. The van der Waals surface area contributed by atoms with E-state index in [2.05, 4.69) is 0 Å². The molecule has 1 fully saturated rings. The molecule has 1 saturated heterocycles. The van der Waals surface area contributed by atoms with Gasteiger partial charge in [-0.15, -0.1) is 11.8 Å². The largest absolute Gasteiger partial charge is 0.480 e. The molecule has 0 aliphatic carbocycles. The SMILES string of the molecule is CN1CSC[C@H]1C(=O)O. The van der Waals surface area contributed by atoms with Crippen LogP contribution in [0, 0.1) is 0 Å². The highest BCUT2D eigenvalue weighted by Gasteiger charge is 2.27. The van der Waals surface area contributed by atoms with Crippen molar-refractivity contribution in [3.05, 3.63) is 0 Å². The Morgan fingerprint density at radius 1 is 1.89 bits per heavy atom. The van der Waals surface area contributed by atoms with Gasteiger partial charge in [-0.1, -0.05) is 0 Å². The highest BCUT2D eigenvalue weighted by atomic mass is 32.2. The molecule has 4 heteroatoms. The van der Waals surface area contributed by atoms with Gasteiger partial charge in [0.05, 0.1) is 0 Å². The fourth-order valence-corrected chi connectivity index (χ4v) is 1.98. The number of carboxylic acid groups (broad SMARTS) is 1. The molecule has 0 spiro atoms. The molecule has 9 heavy (non-hydrogen) atoms. The molecule has 0 unspecified atom stereocenters. The van der Waals surface area contributed by atoms with Gasteiger partial charge in [-0.25, -0.2) is 0 Å². The molecular weight excluding hydrogens is 138 g/mol. The van der Waals surface area contributed by atoms with E-state index in [0.29, 0.717) is 0 Å². The predicted molar refractivity (Wildman–Crippen MR) is 36.5 cm³/mol. The van der Waals surface area contributed by atoms with Gasteiger partial charge in [0.25, 0.3) is 0 Å². The summed E-state index contributed by atoms with van der Waals surface area (Å²) in [6.07, 6.45) is 0. The third kappa shape index (κ3) is 1.37. The topological polar surface area (TPSA) is 40.5 Å². The van der Waals surface area contributed by atoms with Crippen molar-refractivity contribution >= 4 is 17.7 Å². The number of carboxylic acids is 1. The van der Waals surface area contributed by atoms with Crippen LogP contribution < -0.4 is 0 Å². The summed E-state index contributed by atoms with van der Waals surface area (Å²) in [5.74, 6) is 0.866. The fraction of sp³-hybridized carbons (Fsp3) is 0.800. The molecule has 0 aromatic rings. The Bertz CT molecular complexity index is 128. The molecule has 1 atom stereocenters. The van der Waals surface area contributed by atoms with Crippen LogP contribution in [0.15, 0.2) is 0 Å². The van der Waals surface area contributed by atoms with Crippen molar-refractivity contribution in [1.82, 2.24) is 4.90 Å². The Balaban J connectivity index is 2.49. The lowest BCUT2D eigenvalue weighted by Crippen LogP contribution is -2.34. The van der Waals surface area contributed by atoms with Crippen molar-refractivity contribution in [2.24, 2.45) is 0 Å². The van der Waals surface area contributed by atoms with Crippen LogP contribution in [0.4, 0.5) is 0 Å². The average Bonchev–Trinajstić information content (AvgIpc) is 2.13. The zero-order chi connectivity index (χ0) is 6.85. The molecular formula is C5H9NO2S. The quantitative estimate of drug-likeness (QED) is 0.570. The van der Waals surface area contributed by atoms with Crippen LogP contribution in [-0.2, 0) is 4.79 Å². The fourth-order valence-electron chi connectivity index (χ4n) is 0.785. The average molecular weight is 147 g/mol. The monoisotopic (exact) mass is 147 g/mol. The molecule has 0 aromatic heterocycles. The number of nitrogens with zero attached hydrogens (tertiary/aromatic N) is 1. The van der Waals surface area contributed by atoms with Gasteiger partial charge >= 0.3 is 5.97 Å². The first-order valence-electron chi connectivity index (χ1n) is 2.72. The van der Waals surface area contributed by atoms with E-state index >= 15 is 0 Å². The van der Waals surface area contributed by atoms with Gasteiger partial charge in [0, 0.05) is 11.6 Å². The summed E-state index contributed by atoms with van der Waals surface area (Å²) in [7, 11) is 1.83. The third-order valence-electron chi connectivity index (χ3n) is 1.39. The van der Waals surface area contributed by atoms with Gasteiger partial charge in [-0.2, -0.15) is 0 Å². The summed E-state index contributed by atoms with van der Waals surface area (Å²) in [6.45, 7) is 0. The van der Waals surface area contributed by atoms with E-state index in [1.165, 1.54) is 0 Å². The molecule has 0 radical (unpaired) electrons. The van der Waals surface area contributed by atoms with Crippen LogP contribution in [0.1, 0.15) is 0 Å². The van der Waals surface area contributed by atoms with Gasteiger partial charge in [0.1, 0.15) is 6.04 Å². The molecule has 1 N–H and O–H groups in total. The number of hydrogen-bond donors (Lipinski definition) is 1. The number of thioether (sulfide) groups is 1. The van der Waals surface area contributed by atoms with E-state index in [4.69, 9.17) is 5.11 Å². The van der Waals surface area contributed by atoms with E-state index in [-0.39, 0.29) is 6.04 Å². The van der Waals surface area contributed by atoms with Crippen molar-refractivity contribution in [3.63, 3.8) is 0 Å². The molecule has 3 nitrogen and oxygen atoms in total. The summed E-state index contributed by atoms with van der Waals surface area (Å²) >= 11 is 1.66. The van der Waals surface area contributed by atoms with E-state index in [0.717, 1.165) is 11.6 Å². The van der Waals surface area contributed by atoms with E-state index in [9.17, 15) is 4.79 Å². The number of rotatable bonds is 1. The standard InChI is InChI=1S/C5H9NO2S/c1-6-3-9-2-4(6)5(7)8/h4H,2-3H2,1H3,(H,7,8)/t4-/m0/s1. The van der Waals surface area contributed by atoms with Gasteiger partial charge < -0.3 is 5.11 Å². The molecule has 1 rings (SSSR count). The normalized spacial score (nSPS) is 28.8. The van der Waals surface area contributed by atoms with E-state index < -0.39 is 5.97 Å². The first kappa shape index (κ1) is 6.89. The smallest absolute Gasteiger partial charge is 0.321 e. The molecule has 0 bridgehead atoms. The molecule has 0 aromatic carbocycles. The van der Waals surface area contributed by atoms with Crippen LogP contribution in [-0.4, -0.2) is 40.7 Å². The van der Waals surface area contributed by atoms with Crippen LogP contribution in [0.3, 0.4) is 0 Å². The maximum Gasteiger partial charge on any atom is 0.321 e. The van der Waals surface area contributed by atoms with E-state index in [1.807, 2.05) is 11.9 Å². The van der Waals surface area contributed by atoms with Gasteiger partial charge in [-0.05, 0) is 7.05 Å². The number of likely N-dealkylation sites (N-methyl/N-ethyl adjacent to an activating group) is 1. The highest BCUT2D eigenvalue weighted by Crippen LogP contribution is 2.17. The molecule has 1 heterocycles. The maximum atomic E-state index is 10.4. The number of aliphatic carboxylic acids is 1. The lowest BCUT2D eigenvalue weighted by atomic mass is 10.3. The van der Waals surface area contributed by atoms with Gasteiger partial charge in [0.2, 0.25) is 0 Å². The second kappa shape index (κ2) is 2.58. The summed E-state index contributed by atoms with van der Waals surface area (Å²) in [4.78, 5) is 12.2. The molecule has 1 aliphatic rings. The van der Waals surface area contributed by atoms with Crippen LogP contribution in [0.5, 0.6) is 0 Å². The second-order valence-corrected chi connectivity index (χ2v) is 3.11. The minimum atomic E-state index is -0.706. The molecule has 1 aliphatic heterocycles. The Hall–Kier alpha value is -0.220. The highest BCUT2D eigenvalue weighted by molar-refractivity contribution is 7.99. The Morgan fingerprint density at radius 3 is 2.78 bits per heavy atom. The molecule has 52 valence electrons. The lowest BCUT2D eigenvalue weighted by molar-refractivity contribution is -0.141. The summed E-state index contributed by atoms with van der Waals surface area (Å²) in [6, 6.07) is -0.255. The Morgan fingerprint density at radius 2 is 2.56 bits per heavy atom. The summed E-state index contributed by atoms with van der Waals surface area (Å²) in [5.41, 5.74) is 0. The first-order chi connectivity index (χ1) is 4.22. The van der Waals surface area contributed by atoms with Crippen LogP contribution in [0.25, 0.3) is 0 Å². The van der Waals surface area contributed by atoms with E-state index in [1.54, 1.807) is 11.8 Å². The van der Waals surface area contributed by atoms with Crippen molar-refractivity contribution in [3.8, 4) is 0 Å². The molecule has 0 saturated carbocycles. The third-order valence-corrected chi connectivity index (χ3v) is 2.53. The van der Waals surface area contributed by atoms with Crippen molar-refractivity contribution < 1.29 is 9.90 Å². The zero-order valence-electron chi connectivity index (χ0n) is 5.20.